The molecule has 0 aliphatic heterocycles. The Morgan fingerprint density at radius 3 is 2.65 bits per heavy atom. The molecule has 3 nitrogen and oxygen atoms in total. The van der Waals surface area contributed by atoms with Crippen molar-refractivity contribution in [1.82, 2.24) is 14.4 Å². The maximum absolute atomic E-state index is 4.74. The van der Waals surface area contributed by atoms with Crippen LogP contribution in [0.4, 0.5) is 0 Å². The topological polar surface area (TPSA) is 30.2 Å². The van der Waals surface area contributed by atoms with Gasteiger partial charge < -0.3 is 0 Å². The predicted molar refractivity (Wildman–Crippen MR) is 69.3 cm³/mol. The van der Waals surface area contributed by atoms with Crippen LogP contribution in [0.1, 0.15) is 24.1 Å². The Balaban J connectivity index is 2.63. The van der Waals surface area contributed by atoms with E-state index < -0.39 is 0 Å². The molecule has 0 unspecified atom stereocenters. The van der Waals surface area contributed by atoms with E-state index in [4.69, 9.17) is 4.98 Å². The SMILES string of the molecule is CCc1nc2ccccc2n2c(C)nc(C)c12. The average Bonchev–Trinajstić information content (AvgIpc) is 2.65. The van der Waals surface area contributed by atoms with Gasteiger partial charge >= 0.3 is 0 Å². The number of aromatic nitrogens is 3. The molecule has 1 aromatic carbocycles. The molecule has 17 heavy (non-hydrogen) atoms. The number of benzene rings is 1. The Labute approximate surface area is 100 Å². The van der Waals surface area contributed by atoms with Crippen LogP contribution >= 0.6 is 0 Å². The largest absolute Gasteiger partial charge is 0.293 e. The number of fused-ring (bicyclic) bond motifs is 3. The van der Waals surface area contributed by atoms with Crippen LogP contribution in [0.25, 0.3) is 16.6 Å². The van der Waals surface area contributed by atoms with Crippen LogP contribution in [-0.4, -0.2) is 14.4 Å². The number of aryl methyl sites for hydroxylation is 3. The molecule has 3 heteroatoms. The van der Waals surface area contributed by atoms with Crippen molar-refractivity contribution in [2.24, 2.45) is 0 Å². The highest BCUT2D eigenvalue weighted by Crippen LogP contribution is 2.22. The summed E-state index contributed by atoms with van der Waals surface area (Å²) in [6, 6.07) is 8.23. The van der Waals surface area contributed by atoms with Gasteiger partial charge in [0.1, 0.15) is 5.82 Å². The fourth-order valence-electron chi connectivity index (χ4n) is 2.49. The van der Waals surface area contributed by atoms with Gasteiger partial charge in [0.2, 0.25) is 0 Å². The van der Waals surface area contributed by atoms with Gasteiger partial charge in [-0.2, -0.15) is 0 Å². The van der Waals surface area contributed by atoms with Crippen LogP contribution in [0.15, 0.2) is 24.3 Å². The molecule has 86 valence electrons. The molecule has 0 saturated carbocycles. The summed E-state index contributed by atoms with van der Waals surface area (Å²) >= 11 is 0. The first-order valence-corrected chi connectivity index (χ1v) is 5.95. The van der Waals surface area contributed by atoms with Gasteiger partial charge in [0.15, 0.2) is 0 Å². The van der Waals surface area contributed by atoms with E-state index in [2.05, 4.69) is 35.4 Å². The first-order valence-electron chi connectivity index (χ1n) is 5.95. The molecule has 3 rings (SSSR count). The van der Waals surface area contributed by atoms with Crippen molar-refractivity contribution in [2.75, 3.05) is 0 Å². The predicted octanol–water partition coefficient (Wildman–Crippen LogP) is 3.06. The summed E-state index contributed by atoms with van der Waals surface area (Å²) in [4.78, 5) is 9.31. The zero-order valence-corrected chi connectivity index (χ0v) is 10.4. The molecule has 2 aromatic heterocycles. The van der Waals surface area contributed by atoms with Crippen LogP contribution in [0.5, 0.6) is 0 Å². The number of nitrogens with zero attached hydrogens (tertiary/aromatic N) is 3. The Morgan fingerprint density at radius 1 is 1.12 bits per heavy atom. The van der Waals surface area contributed by atoms with Crippen molar-refractivity contribution in [2.45, 2.75) is 27.2 Å². The molecule has 0 amide bonds. The van der Waals surface area contributed by atoms with Gasteiger partial charge in [-0.3, -0.25) is 4.40 Å². The van der Waals surface area contributed by atoms with E-state index in [-0.39, 0.29) is 0 Å². The Kier molecular flexibility index (Phi) is 2.15. The average molecular weight is 225 g/mol. The van der Waals surface area contributed by atoms with E-state index in [9.17, 15) is 0 Å². The second-order valence-corrected chi connectivity index (χ2v) is 4.33. The van der Waals surface area contributed by atoms with Gasteiger partial charge in [0, 0.05) is 0 Å². The van der Waals surface area contributed by atoms with Crippen molar-refractivity contribution < 1.29 is 0 Å². The fourth-order valence-corrected chi connectivity index (χ4v) is 2.49. The first-order chi connectivity index (χ1) is 8.22. The van der Waals surface area contributed by atoms with E-state index in [1.165, 1.54) is 5.52 Å². The monoisotopic (exact) mass is 225 g/mol. The molecule has 0 spiro atoms. The molecule has 0 saturated heterocycles. The molecule has 0 N–H and O–H groups in total. The van der Waals surface area contributed by atoms with Crippen LogP contribution < -0.4 is 0 Å². The molecule has 0 fully saturated rings. The minimum Gasteiger partial charge on any atom is -0.293 e. The zero-order valence-electron chi connectivity index (χ0n) is 10.4. The summed E-state index contributed by atoms with van der Waals surface area (Å²) in [6.07, 6.45) is 0.931. The number of hydrogen-bond donors (Lipinski definition) is 0. The molecule has 0 bridgehead atoms. The zero-order chi connectivity index (χ0) is 12.0. The first kappa shape index (κ1) is 10.3. The Hall–Kier alpha value is -1.90. The minimum atomic E-state index is 0.931. The number of rotatable bonds is 1. The van der Waals surface area contributed by atoms with Crippen molar-refractivity contribution in [3.8, 4) is 0 Å². The third-order valence-electron chi connectivity index (χ3n) is 3.21. The summed E-state index contributed by atoms with van der Waals surface area (Å²) < 4.78 is 2.22. The van der Waals surface area contributed by atoms with Crippen molar-refractivity contribution >= 4 is 16.6 Å². The standard InChI is InChI=1S/C14H15N3/c1-4-11-14-9(2)15-10(3)17(14)13-8-6-5-7-12(13)16-11/h5-8H,4H2,1-3H3. The minimum absolute atomic E-state index is 0.931. The Bertz CT molecular complexity index is 710. The van der Waals surface area contributed by atoms with Crippen LogP contribution in [0.2, 0.25) is 0 Å². The molecule has 2 heterocycles. The lowest BCUT2D eigenvalue weighted by atomic mass is 10.2. The normalized spacial score (nSPS) is 11.5. The van der Waals surface area contributed by atoms with Gasteiger partial charge in [-0.05, 0) is 32.4 Å². The number of imidazole rings is 1. The van der Waals surface area contributed by atoms with Gasteiger partial charge in [0.25, 0.3) is 0 Å². The fraction of sp³-hybridized carbons (Fsp3) is 0.286. The summed E-state index contributed by atoms with van der Waals surface area (Å²) in [6.45, 7) is 6.24. The Morgan fingerprint density at radius 2 is 1.88 bits per heavy atom. The quantitative estimate of drug-likeness (QED) is 0.637. The molecule has 0 atom stereocenters. The highest BCUT2D eigenvalue weighted by atomic mass is 15.0. The van der Waals surface area contributed by atoms with E-state index in [1.807, 2.05) is 19.1 Å². The van der Waals surface area contributed by atoms with Crippen LogP contribution in [-0.2, 0) is 6.42 Å². The van der Waals surface area contributed by atoms with Crippen LogP contribution in [0.3, 0.4) is 0 Å². The molecule has 0 aliphatic carbocycles. The number of hydrogen-bond acceptors (Lipinski definition) is 2. The molecule has 0 aliphatic rings. The molecular formula is C14H15N3. The third kappa shape index (κ3) is 1.35. The van der Waals surface area contributed by atoms with Gasteiger partial charge in [-0.25, -0.2) is 9.97 Å². The molecular weight excluding hydrogens is 210 g/mol. The number of para-hydroxylation sites is 2. The molecule has 3 aromatic rings. The van der Waals surface area contributed by atoms with Crippen molar-refractivity contribution in [1.29, 1.82) is 0 Å². The lowest BCUT2D eigenvalue weighted by Gasteiger charge is -2.07. The lowest BCUT2D eigenvalue weighted by Crippen LogP contribution is -1.99. The maximum atomic E-state index is 4.74. The van der Waals surface area contributed by atoms with E-state index >= 15 is 0 Å². The summed E-state index contributed by atoms with van der Waals surface area (Å²) in [7, 11) is 0. The van der Waals surface area contributed by atoms with E-state index in [1.54, 1.807) is 0 Å². The van der Waals surface area contributed by atoms with Crippen molar-refractivity contribution in [3.05, 3.63) is 41.5 Å². The second kappa shape index (κ2) is 3.55. The maximum Gasteiger partial charge on any atom is 0.111 e. The van der Waals surface area contributed by atoms with Gasteiger partial charge in [-0.1, -0.05) is 19.1 Å². The summed E-state index contributed by atoms with van der Waals surface area (Å²) in [5.41, 5.74) is 5.54. The second-order valence-electron chi connectivity index (χ2n) is 4.33. The van der Waals surface area contributed by atoms with Crippen molar-refractivity contribution in [3.63, 3.8) is 0 Å². The lowest BCUT2D eigenvalue weighted by molar-refractivity contribution is 1.02. The summed E-state index contributed by atoms with van der Waals surface area (Å²) in [5.74, 6) is 1.03. The van der Waals surface area contributed by atoms with Crippen LogP contribution in [0, 0.1) is 13.8 Å². The molecule has 0 radical (unpaired) electrons. The van der Waals surface area contributed by atoms with E-state index in [0.29, 0.717) is 0 Å². The highest BCUT2D eigenvalue weighted by Gasteiger charge is 2.12. The third-order valence-corrected chi connectivity index (χ3v) is 3.21. The smallest absolute Gasteiger partial charge is 0.111 e. The van der Waals surface area contributed by atoms with Gasteiger partial charge in [0.05, 0.1) is 27.9 Å². The highest BCUT2D eigenvalue weighted by molar-refractivity contribution is 5.80. The van der Waals surface area contributed by atoms with Gasteiger partial charge in [-0.15, -0.1) is 0 Å². The summed E-state index contributed by atoms with van der Waals surface area (Å²) in [5, 5.41) is 0. The van der Waals surface area contributed by atoms with E-state index in [0.717, 1.165) is 34.7 Å².